The van der Waals surface area contributed by atoms with Crippen molar-refractivity contribution in [3.05, 3.63) is 125 Å². The van der Waals surface area contributed by atoms with E-state index in [9.17, 15) is 4.79 Å². The van der Waals surface area contributed by atoms with Crippen LogP contribution >= 0.6 is 0 Å². The number of hydrogen-bond acceptors (Lipinski definition) is 4. The van der Waals surface area contributed by atoms with Crippen LogP contribution in [-0.2, 0) is 16.0 Å². The van der Waals surface area contributed by atoms with Gasteiger partial charge in [0.15, 0.2) is 0 Å². The molecule has 0 saturated heterocycles. The van der Waals surface area contributed by atoms with Gasteiger partial charge in [0.1, 0.15) is 11.5 Å². The van der Waals surface area contributed by atoms with Crippen LogP contribution in [0.2, 0.25) is 0 Å². The van der Waals surface area contributed by atoms with Crippen molar-refractivity contribution in [1.82, 2.24) is 0 Å². The third kappa shape index (κ3) is 5.33. The Morgan fingerprint density at radius 1 is 0.750 bits per heavy atom. The summed E-state index contributed by atoms with van der Waals surface area (Å²) in [5.41, 5.74) is 8.05. The van der Waals surface area contributed by atoms with E-state index in [1.807, 2.05) is 60.7 Å². The van der Waals surface area contributed by atoms with Gasteiger partial charge in [-0.15, -0.1) is 0 Å². The molecule has 0 radical (unpaired) electrons. The van der Waals surface area contributed by atoms with Crippen LogP contribution in [0.5, 0.6) is 11.5 Å². The maximum absolute atomic E-state index is 12.1. The summed E-state index contributed by atoms with van der Waals surface area (Å²) in [5.74, 6) is 1.36. The highest BCUT2D eigenvalue weighted by Gasteiger charge is 2.18. The highest BCUT2D eigenvalue weighted by atomic mass is 16.5. The average Bonchev–Trinajstić information content (AvgIpc) is 3.40. The molecule has 1 heterocycles. The van der Waals surface area contributed by atoms with E-state index in [1.165, 1.54) is 18.4 Å². The van der Waals surface area contributed by atoms with Crippen LogP contribution in [-0.4, -0.2) is 19.6 Å². The summed E-state index contributed by atoms with van der Waals surface area (Å²) < 4.78 is 11.0. The summed E-state index contributed by atoms with van der Waals surface area (Å²) in [4.78, 5) is 12.1. The molecule has 0 atom stereocenters. The first-order chi connectivity index (χ1) is 17.7. The van der Waals surface area contributed by atoms with Gasteiger partial charge in [0, 0.05) is 18.7 Å². The van der Waals surface area contributed by atoms with Crippen molar-refractivity contribution in [2.24, 2.45) is 0 Å². The Hall–Kier alpha value is -4.31. The van der Waals surface area contributed by atoms with Crippen molar-refractivity contribution in [1.29, 1.82) is 0 Å². The van der Waals surface area contributed by atoms with E-state index in [0.29, 0.717) is 12.8 Å². The van der Waals surface area contributed by atoms with Crippen LogP contribution in [0.25, 0.3) is 11.1 Å². The number of ether oxygens (including phenoxy) is 2. The van der Waals surface area contributed by atoms with E-state index in [0.717, 1.165) is 52.3 Å². The Morgan fingerprint density at radius 2 is 1.42 bits per heavy atom. The van der Waals surface area contributed by atoms with Gasteiger partial charge < -0.3 is 14.8 Å². The minimum atomic E-state index is -0.215. The second-order valence-corrected chi connectivity index (χ2v) is 8.78. The number of hydrogen-bond donors (Lipinski definition) is 1. The molecule has 4 aromatic rings. The van der Waals surface area contributed by atoms with Gasteiger partial charge in [0.05, 0.1) is 7.11 Å². The van der Waals surface area contributed by atoms with Crippen molar-refractivity contribution < 1.29 is 14.3 Å². The van der Waals surface area contributed by atoms with E-state index in [4.69, 9.17) is 9.47 Å². The number of nitrogens with one attached hydrogen (secondary N) is 1. The minimum Gasteiger partial charge on any atom is -0.469 e. The molecule has 4 heteroatoms. The topological polar surface area (TPSA) is 47.6 Å². The molecule has 0 saturated carbocycles. The molecule has 180 valence electrons. The minimum absolute atomic E-state index is 0.215. The number of fused-ring (bicyclic) bond motifs is 1. The largest absolute Gasteiger partial charge is 0.469 e. The van der Waals surface area contributed by atoms with Crippen molar-refractivity contribution >= 4 is 22.8 Å². The first-order valence-electron chi connectivity index (χ1n) is 12.3. The second-order valence-electron chi connectivity index (χ2n) is 8.78. The van der Waals surface area contributed by atoms with Crippen LogP contribution < -0.4 is 10.1 Å². The monoisotopic (exact) mass is 475 g/mol. The number of para-hydroxylation sites is 1. The number of carbonyl (C=O) groups is 1. The van der Waals surface area contributed by atoms with E-state index >= 15 is 0 Å². The van der Waals surface area contributed by atoms with Gasteiger partial charge in [-0.25, -0.2) is 0 Å². The summed E-state index contributed by atoms with van der Waals surface area (Å²) >= 11 is 0. The maximum atomic E-state index is 12.1. The molecule has 4 nitrogen and oxygen atoms in total. The quantitative estimate of drug-likeness (QED) is 0.214. The van der Waals surface area contributed by atoms with Gasteiger partial charge in [0.2, 0.25) is 0 Å². The van der Waals surface area contributed by atoms with Gasteiger partial charge in [-0.2, -0.15) is 0 Å². The van der Waals surface area contributed by atoms with Crippen molar-refractivity contribution in [3.63, 3.8) is 0 Å². The molecule has 0 bridgehead atoms. The first-order valence-corrected chi connectivity index (χ1v) is 12.3. The van der Waals surface area contributed by atoms with Crippen LogP contribution in [0.3, 0.4) is 0 Å². The molecule has 0 spiro atoms. The van der Waals surface area contributed by atoms with Gasteiger partial charge >= 0.3 is 5.97 Å². The first kappa shape index (κ1) is 23.4. The average molecular weight is 476 g/mol. The van der Waals surface area contributed by atoms with Gasteiger partial charge in [-0.05, 0) is 82.6 Å². The lowest BCUT2D eigenvalue weighted by atomic mass is 9.86. The summed E-state index contributed by atoms with van der Waals surface area (Å²) in [6.45, 7) is 0.956. The normalized spacial score (nSPS) is 12.8. The fourth-order valence-corrected chi connectivity index (χ4v) is 4.67. The Balaban J connectivity index is 1.61. The standard InChI is InChI=1S/C32H29NO3/c1-35-31(34)19-17-29(23-8-4-2-5-9-23)32(26-14-18-30-25(22-26)20-21-33-30)24-12-15-28(16-13-24)36-27-10-6-3-7-11-27/h2-16,18,22,33H,17,19-21H2,1H3/b32-29-. The number of benzene rings is 4. The molecule has 0 amide bonds. The molecule has 1 N–H and O–H groups in total. The van der Waals surface area contributed by atoms with Crippen LogP contribution in [0.15, 0.2) is 103 Å². The second kappa shape index (κ2) is 11.0. The number of esters is 1. The van der Waals surface area contributed by atoms with E-state index < -0.39 is 0 Å². The zero-order valence-corrected chi connectivity index (χ0v) is 20.4. The molecule has 0 aromatic heterocycles. The molecule has 1 aliphatic rings. The summed E-state index contributed by atoms with van der Waals surface area (Å²) in [7, 11) is 1.44. The predicted octanol–water partition coefficient (Wildman–Crippen LogP) is 7.36. The number of anilines is 1. The summed E-state index contributed by atoms with van der Waals surface area (Å²) in [6, 6.07) is 34.9. The third-order valence-electron chi connectivity index (χ3n) is 6.46. The Labute approximate surface area is 212 Å². The van der Waals surface area contributed by atoms with Gasteiger partial charge in [-0.1, -0.05) is 66.7 Å². The van der Waals surface area contributed by atoms with Crippen LogP contribution in [0.4, 0.5) is 5.69 Å². The van der Waals surface area contributed by atoms with Crippen LogP contribution in [0, 0.1) is 0 Å². The number of rotatable bonds is 8. The smallest absolute Gasteiger partial charge is 0.305 e. The zero-order valence-electron chi connectivity index (χ0n) is 20.4. The molecule has 36 heavy (non-hydrogen) atoms. The van der Waals surface area contributed by atoms with Crippen molar-refractivity contribution in [2.45, 2.75) is 19.3 Å². The predicted molar refractivity (Wildman–Crippen MR) is 145 cm³/mol. The fourth-order valence-electron chi connectivity index (χ4n) is 4.67. The summed E-state index contributed by atoms with van der Waals surface area (Å²) in [5, 5.41) is 3.45. The summed E-state index contributed by atoms with van der Waals surface area (Å²) in [6.07, 6.45) is 1.89. The third-order valence-corrected chi connectivity index (χ3v) is 6.46. The highest BCUT2D eigenvalue weighted by molar-refractivity contribution is 5.99. The molecule has 5 rings (SSSR count). The lowest BCUT2D eigenvalue weighted by molar-refractivity contribution is -0.140. The zero-order chi connectivity index (χ0) is 24.7. The Kier molecular flexibility index (Phi) is 7.13. The van der Waals surface area contributed by atoms with E-state index in [2.05, 4.69) is 47.8 Å². The fraction of sp³-hybridized carbons (Fsp3) is 0.156. The molecule has 0 fully saturated rings. The number of carbonyl (C=O) groups excluding carboxylic acids is 1. The molecule has 0 aliphatic carbocycles. The maximum Gasteiger partial charge on any atom is 0.305 e. The molecule has 4 aromatic carbocycles. The number of allylic oxidation sites excluding steroid dienone is 1. The molecular formula is C32H29NO3. The molecular weight excluding hydrogens is 446 g/mol. The van der Waals surface area contributed by atoms with Crippen molar-refractivity contribution in [2.75, 3.05) is 19.0 Å². The lowest BCUT2D eigenvalue weighted by Gasteiger charge is -2.18. The van der Waals surface area contributed by atoms with E-state index in [1.54, 1.807) is 0 Å². The van der Waals surface area contributed by atoms with Crippen molar-refractivity contribution in [3.8, 4) is 11.5 Å². The lowest BCUT2D eigenvalue weighted by Crippen LogP contribution is -2.03. The SMILES string of the molecule is COC(=O)CC/C(=C(\c1ccc(Oc2ccccc2)cc1)c1ccc2c(c1)CCN2)c1ccccc1. The Morgan fingerprint density at radius 3 is 2.14 bits per heavy atom. The molecule has 0 unspecified atom stereocenters. The molecule has 1 aliphatic heterocycles. The number of methoxy groups -OCH3 is 1. The van der Waals surface area contributed by atoms with Crippen LogP contribution in [0.1, 0.15) is 35.1 Å². The Bertz CT molecular complexity index is 1360. The van der Waals surface area contributed by atoms with Gasteiger partial charge in [-0.3, -0.25) is 4.79 Å². The highest BCUT2D eigenvalue weighted by Crippen LogP contribution is 2.38. The van der Waals surface area contributed by atoms with Gasteiger partial charge in [0.25, 0.3) is 0 Å². The van der Waals surface area contributed by atoms with E-state index in [-0.39, 0.29) is 5.97 Å².